The Morgan fingerprint density at radius 1 is 1.29 bits per heavy atom. The topological polar surface area (TPSA) is 46.1 Å². The second-order valence-electron chi connectivity index (χ2n) is 4.99. The molecule has 0 radical (unpaired) electrons. The third-order valence-corrected chi connectivity index (χ3v) is 2.60. The molecular formula is C13H21N3O. The summed E-state index contributed by atoms with van der Waals surface area (Å²) in [6.45, 7) is 11.4. The Balaban J connectivity index is 3.04. The maximum absolute atomic E-state index is 12.1. The summed E-state index contributed by atoms with van der Waals surface area (Å²) in [6.07, 6.45) is 1.66. The van der Waals surface area contributed by atoms with Gasteiger partial charge in [-0.3, -0.25) is 4.79 Å². The van der Waals surface area contributed by atoms with Gasteiger partial charge in [0.2, 0.25) is 0 Å². The smallest absolute Gasteiger partial charge is 0.272 e. The van der Waals surface area contributed by atoms with E-state index in [1.165, 1.54) is 0 Å². The molecule has 94 valence electrons. The van der Waals surface area contributed by atoms with Crippen LogP contribution in [0, 0.1) is 0 Å². The lowest BCUT2D eigenvalue weighted by atomic mass is 9.95. The van der Waals surface area contributed by atoms with Crippen LogP contribution in [0.25, 0.3) is 0 Å². The maximum atomic E-state index is 12.1. The summed E-state index contributed by atoms with van der Waals surface area (Å²) in [5, 5.41) is 0. The lowest BCUT2D eigenvalue weighted by Crippen LogP contribution is -2.32. The Morgan fingerprint density at radius 2 is 1.88 bits per heavy atom. The number of amides is 1. The highest BCUT2D eigenvalue weighted by Crippen LogP contribution is 2.17. The number of carbonyl (C=O) groups excluding carboxylic acids is 1. The van der Waals surface area contributed by atoms with Crippen LogP contribution in [-0.2, 0) is 5.41 Å². The summed E-state index contributed by atoms with van der Waals surface area (Å²) in [5.41, 5.74) is 0.341. The number of hydrogen-bond donors (Lipinski definition) is 0. The van der Waals surface area contributed by atoms with Crippen LogP contribution in [0.4, 0.5) is 0 Å². The second-order valence-corrected chi connectivity index (χ2v) is 4.99. The molecule has 0 aliphatic rings. The molecule has 1 aromatic heterocycles. The quantitative estimate of drug-likeness (QED) is 0.807. The number of hydrogen-bond acceptors (Lipinski definition) is 3. The van der Waals surface area contributed by atoms with E-state index in [2.05, 4.69) is 9.97 Å². The van der Waals surface area contributed by atoms with Crippen LogP contribution >= 0.6 is 0 Å². The molecule has 0 fully saturated rings. The van der Waals surface area contributed by atoms with Crippen LogP contribution in [0.15, 0.2) is 12.3 Å². The van der Waals surface area contributed by atoms with Gasteiger partial charge in [-0.25, -0.2) is 9.97 Å². The van der Waals surface area contributed by atoms with Crippen molar-refractivity contribution in [3.05, 3.63) is 23.8 Å². The summed E-state index contributed by atoms with van der Waals surface area (Å²) >= 11 is 0. The van der Waals surface area contributed by atoms with Gasteiger partial charge in [-0.2, -0.15) is 0 Å². The first kappa shape index (κ1) is 13.6. The fraction of sp³-hybridized carbons (Fsp3) is 0.615. The fourth-order valence-corrected chi connectivity index (χ4v) is 1.51. The molecule has 1 rings (SSSR count). The van der Waals surface area contributed by atoms with Gasteiger partial charge in [0, 0.05) is 24.7 Å². The molecule has 0 saturated heterocycles. The van der Waals surface area contributed by atoms with Crippen molar-refractivity contribution in [2.24, 2.45) is 0 Å². The first-order valence-electron chi connectivity index (χ1n) is 6.03. The zero-order valence-corrected chi connectivity index (χ0v) is 11.3. The molecule has 0 aliphatic heterocycles. The van der Waals surface area contributed by atoms with Gasteiger partial charge >= 0.3 is 0 Å². The predicted octanol–water partition coefficient (Wildman–Crippen LogP) is 2.26. The molecule has 0 unspecified atom stereocenters. The van der Waals surface area contributed by atoms with E-state index < -0.39 is 0 Å². The number of aromatic nitrogens is 2. The minimum atomic E-state index is -0.139. The molecule has 0 spiro atoms. The molecule has 1 amide bonds. The van der Waals surface area contributed by atoms with Gasteiger partial charge in [-0.1, -0.05) is 20.8 Å². The monoisotopic (exact) mass is 235 g/mol. The summed E-state index contributed by atoms with van der Waals surface area (Å²) in [4.78, 5) is 22.5. The summed E-state index contributed by atoms with van der Waals surface area (Å²) < 4.78 is 0. The van der Waals surface area contributed by atoms with Crippen molar-refractivity contribution in [1.82, 2.24) is 14.9 Å². The van der Waals surface area contributed by atoms with Crippen LogP contribution in [0.3, 0.4) is 0 Å². The molecule has 1 heterocycles. The van der Waals surface area contributed by atoms with Crippen molar-refractivity contribution in [3.63, 3.8) is 0 Å². The number of rotatable bonds is 3. The van der Waals surface area contributed by atoms with Crippen molar-refractivity contribution in [3.8, 4) is 0 Å². The van der Waals surface area contributed by atoms with E-state index in [0.717, 1.165) is 0 Å². The molecule has 0 atom stereocenters. The van der Waals surface area contributed by atoms with Gasteiger partial charge in [-0.05, 0) is 19.9 Å². The van der Waals surface area contributed by atoms with Crippen LogP contribution in [0.1, 0.15) is 50.9 Å². The Kier molecular flexibility index (Phi) is 4.21. The highest BCUT2D eigenvalue weighted by Gasteiger charge is 2.20. The van der Waals surface area contributed by atoms with Crippen LogP contribution in [-0.4, -0.2) is 33.9 Å². The lowest BCUT2D eigenvalue weighted by Gasteiger charge is -2.20. The molecule has 0 aromatic carbocycles. The first-order valence-corrected chi connectivity index (χ1v) is 6.03. The lowest BCUT2D eigenvalue weighted by molar-refractivity contribution is 0.0766. The van der Waals surface area contributed by atoms with Gasteiger partial charge < -0.3 is 4.90 Å². The van der Waals surface area contributed by atoms with Gasteiger partial charge in [0.1, 0.15) is 11.5 Å². The third kappa shape index (κ3) is 3.25. The Bertz CT molecular complexity index is 392. The molecule has 0 saturated carbocycles. The SMILES string of the molecule is CCN(CC)C(=O)c1ccnc(C(C)(C)C)n1. The van der Waals surface area contributed by atoms with Crippen LogP contribution in [0.5, 0.6) is 0 Å². The molecule has 0 N–H and O–H groups in total. The van der Waals surface area contributed by atoms with E-state index in [1.54, 1.807) is 17.2 Å². The predicted molar refractivity (Wildman–Crippen MR) is 68.0 cm³/mol. The van der Waals surface area contributed by atoms with Crippen molar-refractivity contribution in [1.29, 1.82) is 0 Å². The standard InChI is InChI=1S/C13H21N3O/c1-6-16(7-2)11(17)10-8-9-14-12(15-10)13(3,4)5/h8-9H,6-7H2,1-5H3. The maximum Gasteiger partial charge on any atom is 0.272 e. The average Bonchev–Trinajstić information content (AvgIpc) is 2.29. The molecule has 0 aliphatic carbocycles. The first-order chi connectivity index (χ1) is 7.90. The molecular weight excluding hydrogens is 214 g/mol. The van der Waals surface area contributed by atoms with E-state index >= 15 is 0 Å². The Morgan fingerprint density at radius 3 is 2.35 bits per heavy atom. The minimum absolute atomic E-state index is 0.0251. The van der Waals surface area contributed by atoms with E-state index in [9.17, 15) is 4.79 Å². The van der Waals surface area contributed by atoms with Gasteiger partial charge in [0.15, 0.2) is 0 Å². The minimum Gasteiger partial charge on any atom is -0.338 e. The number of carbonyl (C=O) groups is 1. The van der Waals surface area contributed by atoms with E-state index in [-0.39, 0.29) is 11.3 Å². The third-order valence-electron chi connectivity index (χ3n) is 2.60. The molecule has 4 heteroatoms. The zero-order chi connectivity index (χ0) is 13.1. The zero-order valence-electron chi connectivity index (χ0n) is 11.3. The second kappa shape index (κ2) is 5.25. The fourth-order valence-electron chi connectivity index (χ4n) is 1.51. The molecule has 4 nitrogen and oxygen atoms in total. The van der Waals surface area contributed by atoms with Gasteiger partial charge in [0.05, 0.1) is 0 Å². The van der Waals surface area contributed by atoms with Gasteiger partial charge in [-0.15, -0.1) is 0 Å². The summed E-state index contributed by atoms with van der Waals surface area (Å²) in [6, 6.07) is 1.68. The van der Waals surface area contributed by atoms with Gasteiger partial charge in [0.25, 0.3) is 5.91 Å². The highest BCUT2D eigenvalue weighted by atomic mass is 16.2. The van der Waals surface area contributed by atoms with Crippen molar-refractivity contribution in [2.45, 2.75) is 40.0 Å². The van der Waals surface area contributed by atoms with E-state index in [0.29, 0.717) is 24.6 Å². The van der Waals surface area contributed by atoms with Crippen LogP contribution in [0.2, 0.25) is 0 Å². The largest absolute Gasteiger partial charge is 0.338 e. The Hall–Kier alpha value is -1.45. The number of nitrogens with zero attached hydrogens (tertiary/aromatic N) is 3. The normalized spacial score (nSPS) is 11.4. The molecule has 17 heavy (non-hydrogen) atoms. The molecule has 0 bridgehead atoms. The van der Waals surface area contributed by atoms with Crippen molar-refractivity contribution >= 4 is 5.91 Å². The van der Waals surface area contributed by atoms with Crippen molar-refractivity contribution in [2.75, 3.05) is 13.1 Å². The molecule has 1 aromatic rings. The average molecular weight is 235 g/mol. The highest BCUT2D eigenvalue weighted by molar-refractivity contribution is 5.92. The van der Waals surface area contributed by atoms with Crippen molar-refractivity contribution < 1.29 is 4.79 Å². The van der Waals surface area contributed by atoms with Crippen LogP contribution < -0.4 is 0 Å². The summed E-state index contributed by atoms with van der Waals surface area (Å²) in [5.74, 6) is 0.679. The summed E-state index contributed by atoms with van der Waals surface area (Å²) in [7, 11) is 0. The Labute approximate surface area is 103 Å². The van der Waals surface area contributed by atoms with E-state index in [1.807, 2.05) is 34.6 Å². The van der Waals surface area contributed by atoms with E-state index in [4.69, 9.17) is 0 Å².